The number of imidazole rings is 1. The van der Waals surface area contributed by atoms with E-state index in [9.17, 15) is 9.50 Å². The summed E-state index contributed by atoms with van der Waals surface area (Å²) < 4.78 is 14.4. The number of aromatic nitrogens is 4. The average Bonchev–Trinajstić information content (AvgIpc) is 3.09. The van der Waals surface area contributed by atoms with Crippen molar-refractivity contribution >= 4 is 22.5 Å². The lowest BCUT2D eigenvalue weighted by Gasteiger charge is -2.12. The summed E-state index contributed by atoms with van der Waals surface area (Å²) in [7, 11) is 0. The topological polar surface area (TPSA) is 75.9 Å². The Morgan fingerprint density at radius 3 is 2.59 bits per heavy atom. The van der Waals surface area contributed by atoms with E-state index < -0.39 is 12.8 Å². The molecule has 0 saturated carbocycles. The van der Waals surface area contributed by atoms with Gasteiger partial charge in [-0.05, 0) is 36.8 Å². The third-order valence-corrected chi connectivity index (χ3v) is 4.19. The molecule has 0 fully saturated rings. The Labute approximate surface area is 155 Å². The number of halogens is 1. The number of anilines is 2. The van der Waals surface area contributed by atoms with Crippen molar-refractivity contribution in [2.45, 2.75) is 19.7 Å². The quantitative estimate of drug-likeness (QED) is 0.559. The number of para-hydroxylation sites is 2. The molecule has 7 heteroatoms. The fourth-order valence-corrected chi connectivity index (χ4v) is 2.91. The van der Waals surface area contributed by atoms with Gasteiger partial charge in [-0.1, -0.05) is 24.3 Å². The van der Waals surface area contributed by atoms with E-state index in [0.717, 1.165) is 16.7 Å². The Balaban J connectivity index is 1.74. The second-order valence-corrected chi connectivity index (χ2v) is 6.19. The van der Waals surface area contributed by atoms with Crippen LogP contribution < -0.4 is 5.32 Å². The van der Waals surface area contributed by atoms with E-state index in [2.05, 4.69) is 20.3 Å². The maximum atomic E-state index is 12.7. The lowest BCUT2D eigenvalue weighted by molar-refractivity contribution is 0.187. The average molecular weight is 363 g/mol. The molecule has 27 heavy (non-hydrogen) atoms. The van der Waals surface area contributed by atoms with Gasteiger partial charge in [0.25, 0.3) is 0 Å². The fourth-order valence-electron chi connectivity index (χ4n) is 2.91. The zero-order valence-corrected chi connectivity index (χ0v) is 14.7. The minimum Gasteiger partial charge on any atom is -0.385 e. The van der Waals surface area contributed by atoms with Gasteiger partial charge in [0.05, 0.1) is 23.4 Å². The molecule has 1 unspecified atom stereocenters. The normalized spacial score (nSPS) is 12.3. The van der Waals surface area contributed by atoms with Crippen molar-refractivity contribution in [2.75, 3.05) is 5.32 Å². The zero-order valence-electron chi connectivity index (χ0n) is 14.7. The Hall–Kier alpha value is -3.32. The Kier molecular flexibility index (Phi) is 4.52. The van der Waals surface area contributed by atoms with Crippen molar-refractivity contribution in [1.29, 1.82) is 0 Å². The molecule has 1 atom stereocenters. The number of rotatable bonds is 5. The number of aliphatic hydroxyl groups is 1. The van der Waals surface area contributed by atoms with E-state index in [1.165, 1.54) is 0 Å². The van der Waals surface area contributed by atoms with Crippen molar-refractivity contribution in [2.24, 2.45) is 0 Å². The summed E-state index contributed by atoms with van der Waals surface area (Å²) in [6.07, 6.45) is 2.47. The molecule has 0 radical (unpaired) electrons. The lowest BCUT2D eigenvalue weighted by Crippen LogP contribution is -2.08. The Morgan fingerprint density at radius 2 is 1.85 bits per heavy atom. The SMILES string of the molecule is CC(O)c1nc2ccccc2n1-c1cncc(Nc2ccc(CF)cc2)n1. The highest BCUT2D eigenvalue weighted by Crippen LogP contribution is 2.25. The Morgan fingerprint density at radius 1 is 1.07 bits per heavy atom. The van der Waals surface area contributed by atoms with Crippen LogP contribution in [-0.2, 0) is 6.67 Å². The van der Waals surface area contributed by atoms with E-state index in [4.69, 9.17) is 0 Å². The number of aliphatic hydroxyl groups excluding tert-OH is 1. The molecular formula is C20H18FN5O. The van der Waals surface area contributed by atoms with Gasteiger partial charge in [-0.25, -0.2) is 14.4 Å². The number of nitrogens with zero attached hydrogens (tertiary/aromatic N) is 4. The highest BCUT2D eigenvalue weighted by Gasteiger charge is 2.17. The van der Waals surface area contributed by atoms with Crippen LogP contribution in [0, 0.1) is 0 Å². The third-order valence-electron chi connectivity index (χ3n) is 4.19. The second kappa shape index (κ2) is 7.13. The van der Waals surface area contributed by atoms with Crippen molar-refractivity contribution in [1.82, 2.24) is 19.5 Å². The summed E-state index contributed by atoms with van der Waals surface area (Å²) in [5.41, 5.74) is 3.01. The standard InChI is InChI=1S/C20H18FN5O/c1-13(27)20-24-16-4-2-3-5-17(16)26(20)19-12-22-11-18(25-19)23-15-8-6-14(10-21)7-9-15/h2-9,11-13,27H,10H2,1H3,(H,23,25). The van der Waals surface area contributed by atoms with Crippen LogP contribution in [0.1, 0.15) is 24.4 Å². The van der Waals surface area contributed by atoms with E-state index in [1.54, 1.807) is 48.1 Å². The second-order valence-electron chi connectivity index (χ2n) is 6.19. The molecule has 0 saturated heterocycles. The van der Waals surface area contributed by atoms with Crippen LogP contribution in [0.15, 0.2) is 60.9 Å². The molecular weight excluding hydrogens is 345 g/mol. The first-order chi connectivity index (χ1) is 13.2. The minimum atomic E-state index is -0.760. The van der Waals surface area contributed by atoms with Crippen LogP contribution in [-0.4, -0.2) is 24.6 Å². The predicted molar refractivity (Wildman–Crippen MR) is 102 cm³/mol. The molecule has 0 amide bonds. The van der Waals surface area contributed by atoms with Gasteiger partial charge in [0.1, 0.15) is 18.6 Å². The maximum Gasteiger partial charge on any atom is 0.159 e. The number of alkyl halides is 1. The molecule has 0 spiro atoms. The van der Waals surface area contributed by atoms with Gasteiger partial charge < -0.3 is 10.4 Å². The van der Waals surface area contributed by atoms with Gasteiger partial charge >= 0.3 is 0 Å². The van der Waals surface area contributed by atoms with Gasteiger partial charge in [-0.3, -0.25) is 9.55 Å². The molecule has 0 bridgehead atoms. The molecule has 4 rings (SSSR count). The number of benzene rings is 2. The highest BCUT2D eigenvalue weighted by molar-refractivity contribution is 5.78. The summed E-state index contributed by atoms with van der Waals surface area (Å²) in [5.74, 6) is 1.58. The smallest absolute Gasteiger partial charge is 0.159 e. The van der Waals surface area contributed by atoms with Gasteiger partial charge in [0.15, 0.2) is 11.6 Å². The first-order valence-electron chi connectivity index (χ1n) is 8.55. The van der Waals surface area contributed by atoms with Crippen LogP contribution >= 0.6 is 0 Å². The van der Waals surface area contributed by atoms with Gasteiger partial charge in [0.2, 0.25) is 0 Å². The largest absolute Gasteiger partial charge is 0.385 e. The fraction of sp³-hybridized carbons (Fsp3) is 0.150. The highest BCUT2D eigenvalue weighted by atomic mass is 19.1. The molecule has 136 valence electrons. The summed E-state index contributed by atoms with van der Waals surface area (Å²) >= 11 is 0. The van der Waals surface area contributed by atoms with Crippen LogP contribution in [0.25, 0.3) is 16.9 Å². The number of nitrogens with one attached hydrogen (secondary N) is 1. The molecule has 2 N–H and O–H groups in total. The molecule has 0 aliphatic rings. The van der Waals surface area contributed by atoms with Crippen molar-refractivity contribution in [3.63, 3.8) is 0 Å². The lowest BCUT2D eigenvalue weighted by atomic mass is 10.2. The van der Waals surface area contributed by atoms with Crippen LogP contribution in [0.5, 0.6) is 0 Å². The van der Waals surface area contributed by atoms with E-state index in [-0.39, 0.29) is 0 Å². The van der Waals surface area contributed by atoms with Gasteiger partial charge in [0, 0.05) is 5.69 Å². The Bertz CT molecular complexity index is 1080. The molecule has 2 heterocycles. The van der Waals surface area contributed by atoms with Crippen molar-refractivity contribution < 1.29 is 9.50 Å². The molecule has 0 aliphatic carbocycles. The van der Waals surface area contributed by atoms with Crippen LogP contribution in [0.3, 0.4) is 0 Å². The monoisotopic (exact) mass is 363 g/mol. The number of hydrogen-bond acceptors (Lipinski definition) is 5. The van der Waals surface area contributed by atoms with E-state index in [1.807, 2.05) is 24.3 Å². The van der Waals surface area contributed by atoms with Crippen LogP contribution in [0.2, 0.25) is 0 Å². The van der Waals surface area contributed by atoms with E-state index >= 15 is 0 Å². The van der Waals surface area contributed by atoms with Gasteiger partial charge in [-0.2, -0.15) is 0 Å². The first-order valence-corrected chi connectivity index (χ1v) is 8.55. The van der Waals surface area contributed by atoms with Crippen molar-refractivity contribution in [3.05, 3.63) is 72.3 Å². The summed E-state index contributed by atoms with van der Waals surface area (Å²) in [6.45, 7) is 1.17. The van der Waals surface area contributed by atoms with Crippen molar-refractivity contribution in [3.8, 4) is 5.82 Å². The van der Waals surface area contributed by atoms with E-state index in [0.29, 0.717) is 23.0 Å². The molecule has 2 aromatic carbocycles. The zero-order chi connectivity index (χ0) is 18.8. The summed E-state index contributed by atoms with van der Waals surface area (Å²) in [6, 6.07) is 14.6. The molecule has 0 aliphatic heterocycles. The number of hydrogen-bond donors (Lipinski definition) is 2. The predicted octanol–water partition coefficient (Wildman–Crippen LogP) is 4.08. The van der Waals surface area contributed by atoms with Crippen LogP contribution in [0.4, 0.5) is 15.9 Å². The number of fused-ring (bicyclic) bond motifs is 1. The summed E-state index contributed by atoms with van der Waals surface area (Å²) in [5, 5.41) is 13.3. The van der Waals surface area contributed by atoms with Gasteiger partial charge in [-0.15, -0.1) is 0 Å². The minimum absolute atomic E-state index is 0.495. The molecule has 6 nitrogen and oxygen atoms in total. The summed E-state index contributed by atoms with van der Waals surface area (Å²) in [4.78, 5) is 13.4. The molecule has 4 aromatic rings. The molecule has 2 aromatic heterocycles. The third kappa shape index (κ3) is 3.37. The maximum absolute atomic E-state index is 12.7. The first kappa shape index (κ1) is 17.1.